The Hall–Kier alpha value is -1.09. The topological polar surface area (TPSA) is 21.1 Å². The molecule has 0 amide bonds. The van der Waals surface area contributed by atoms with Crippen molar-refractivity contribution >= 4 is 5.57 Å². The maximum atomic E-state index is 4.56. The van der Waals surface area contributed by atoms with E-state index in [4.69, 9.17) is 0 Å². The van der Waals surface area contributed by atoms with Crippen LogP contribution in [0.3, 0.4) is 0 Å². The van der Waals surface area contributed by atoms with Crippen molar-refractivity contribution in [3.05, 3.63) is 23.5 Å². The predicted molar refractivity (Wildman–Crippen MR) is 62.7 cm³/mol. The number of nitrogens with zero attached hydrogens (tertiary/aromatic N) is 3. The second-order valence-electron chi connectivity index (χ2n) is 4.25. The van der Waals surface area contributed by atoms with E-state index in [1.54, 1.807) is 0 Å². The molecule has 0 saturated carbocycles. The van der Waals surface area contributed by atoms with E-state index in [-0.39, 0.29) is 0 Å². The normalized spacial score (nSPS) is 17.9. The standard InChI is InChI=1S/C12H19N3/c1-4-11-8-12(13-15(11)3)10-6-5-7-14(2)9-10/h6,8H,4-5,7,9H2,1-3H3. The summed E-state index contributed by atoms with van der Waals surface area (Å²) < 4.78 is 1.99. The van der Waals surface area contributed by atoms with E-state index in [1.165, 1.54) is 11.3 Å². The molecule has 0 saturated heterocycles. The molecule has 0 unspecified atom stereocenters. The first-order valence-corrected chi connectivity index (χ1v) is 5.61. The van der Waals surface area contributed by atoms with Gasteiger partial charge < -0.3 is 4.90 Å². The SMILES string of the molecule is CCc1cc(C2=CCCN(C)C2)nn1C. The minimum Gasteiger partial charge on any atom is -0.302 e. The molecule has 0 spiro atoms. The van der Waals surface area contributed by atoms with Crippen LogP contribution in [0, 0.1) is 0 Å². The Morgan fingerprint density at radius 2 is 2.20 bits per heavy atom. The second kappa shape index (κ2) is 4.19. The Morgan fingerprint density at radius 3 is 2.80 bits per heavy atom. The molecule has 0 aromatic carbocycles. The van der Waals surface area contributed by atoms with Gasteiger partial charge in [-0.05, 0) is 31.5 Å². The monoisotopic (exact) mass is 205 g/mol. The molecule has 1 aliphatic heterocycles. The average Bonchev–Trinajstić information content (AvgIpc) is 2.60. The first-order chi connectivity index (χ1) is 7.20. The molecule has 0 N–H and O–H groups in total. The van der Waals surface area contributed by atoms with Crippen molar-refractivity contribution in [1.29, 1.82) is 0 Å². The highest BCUT2D eigenvalue weighted by molar-refractivity contribution is 5.65. The van der Waals surface area contributed by atoms with E-state index in [2.05, 4.69) is 36.1 Å². The minimum absolute atomic E-state index is 1.03. The number of aryl methyl sites for hydroxylation is 2. The minimum atomic E-state index is 1.03. The molecule has 15 heavy (non-hydrogen) atoms. The van der Waals surface area contributed by atoms with Gasteiger partial charge in [-0.3, -0.25) is 4.68 Å². The fourth-order valence-electron chi connectivity index (χ4n) is 2.07. The van der Waals surface area contributed by atoms with E-state index in [0.29, 0.717) is 0 Å². The van der Waals surface area contributed by atoms with E-state index >= 15 is 0 Å². The average molecular weight is 205 g/mol. The van der Waals surface area contributed by atoms with Crippen LogP contribution in [0.5, 0.6) is 0 Å². The van der Waals surface area contributed by atoms with Crippen LogP contribution in [0.1, 0.15) is 24.7 Å². The van der Waals surface area contributed by atoms with Crippen molar-refractivity contribution in [2.75, 3.05) is 20.1 Å². The molecule has 3 heteroatoms. The van der Waals surface area contributed by atoms with Gasteiger partial charge in [0.1, 0.15) is 0 Å². The lowest BCUT2D eigenvalue weighted by Crippen LogP contribution is -2.25. The third-order valence-corrected chi connectivity index (χ3v) is 3.01. The first-order valence-electron chi connectivity index (χ1n) is 5.61. The van der Waals surface area contributed by atoms with E-state index < -0.39 is 0 Å². The highest BCUT2D eigenvalue weighted by Crippen LogP contribution is 2.19. The Balaban J connectivity index is 2.25. The zero-order valence-corrected chi connectivity index (χ0v) is 9.82. The summed E-state index contributed by atoms with van der Waals surface area (Å²) in [6.45, 7) is 4.36. The summed E-state index contributed by atoms with van der Waals surface area (Å²) >= 11 is 0. The van der Waals surface area contributed by atoms with Crippen molar-refractivity contribution < 1.29 is 0 Å². The molecule has 2 heterocycles. The molecular weight excluding hydrogens is 186 g/mol. The molecule has 82 valence electrons. The fourth-order valence-corrected chi connectivity index (χ4v) is 2.07. The van der Waals surface area contributed by atoms with Gasteiger partial charge in [-0.1, -0.05) is 13.0 Å². The molecule has 1 aromatic rings. The van der Waals surface area contributed by atoms with Gasteiger partial charge in [0, 0.05) is 25.8 Å². The van der Waals surface area contributed by atoms with Gasteiger partial charge in [-0.25, -0.2) is 0 Å². The highest BCUT2D eigenvalue weighted by atomic mass is 15.3. The molecular formula is C12H19N3. The van der Waals surface area contributed by atoms with Gasteiger partial charge in [0.2, 0.25) is 0 Å². The molecule has 0 aliphatic carbocycles. The summed E-state index contributed by atoms with van der Waals surface area (Å²) in [5, 5.41) is 4.56. The summed E-state index contributed by atoms with van der Waals surface area (Å²) in [4.78, 5) is 2.34. The molecule has 0 atom stereocenters. The summed E-state index contributed by atoms with van der Waals surface area (Å²) in [5.74, 6) is 0. The zero-order chi connectivity index (χ0) is 10.8. The van der Waals surface area contributed by atoms with Crippen LogP contribution < -0.4 is 0 Å². The van der Waals surface area contributed by atoms with Crippen molar-refractivity contribution in [3.8, 4) is 0 Å². The van der Waals surface area contributed by atoms with Crippen LogP contribution in [0.4, 0.5) is 0 Å². The summed E-state index contributed by atoms with van der Waals surface area (Å²) in [5.41, 5.74) is 3.83. The Labute approximate surface area is 91.4 Å². The highest BCUT2D eigenvalue weighted by Gasteiger charge is 2.13. The number of rotatable bonds is 2. The van der Waals surface area contributed by atoms with Gasteiger partial charge in [-0.15, -0.1) is 0 Å². The lowest BCUT2D eigenvalue weighted by atomic mass is 10.1. The molecule has 1 aliphatic rings. The number of hydrogen-bond donors (Lipinski definition) is 0. The number of hydrogen-bond acceptors (Lipinski definition) is 2. The van der Waals surface area contributed by atoms with Gasteiger partial charge in [0.15, 0.2) is 0 Å². The van der Waals surface area contributed by atoms with Crippen LogP contribution >= 0.6 is 0 Å². The van der Waals surface area contributed by atoms with Crippen LogP contribution in [-0.2, 0) is 13.5 Å². The summed E-state index contributed by atoms with van der Waals surface area (Å²) in [6.07, 6.45) is 4.51. The van der Waals surface area contributed by atoms with Crippen molar-refractivity contribution in [2.45, 2.75) is 19.8 Å². The number of likely N-dealkylation sites (N-methyl/N-ethyl adjacent to an activating group) is 1. The predicted octanol–water partition coefficient (Wildman–Crippen LogP) is 1.70. The van der Waals surface area contributed by atoms with Crippen molar-refractivity contribution in [1.82, 2.24) is 14.7 Å². The van der Waals surface area contributed by atoms with E-state index in [1.807, 2.05) is 11.7 Å². The van der Waals surface area contributed by atoms with E-state index in [9.17, 15) is 0 Å². The quantitative estimate of drug-likeness (QED) is 0.732. The Bertz CT molecular complexity index is 376. The van der Waals surface area contributed by atoms with Gasteiger partial charge in [0.05, 0.1) is 5.69 Å². The maximum Gasteiger partial charge on any atom is 0.0895 e. The molecule has 0 radical (unpaired) electrons. The summed E-state index contributed by atoms with van der Waals surface area (Å²) in [6, 6.07) is 2.21. The third kappa shape index (κ3) is 2.12. The van der Waals surface area contributed by atoms with Gasteiger partial charge in [0.25, 0.3) is 0 Å². The van der Waals surface area contributed by atoms with Crippen LogP contribution in [0.2, 0.25) is 0 Å². The smallest absolute Gasteiger partial charge is 0.0895 e. The van der Waals surface area contributed by atoms with Gasteiger partial charge >= 0.3 is 0 Å². The fraction of sp³-hybridized carbons (Fsp3) is 0.583. The van der Waals surface area contributed by atoms with Crippen LogP contribution in [-0.4, -0.2) is 34.8 Å². The van der Waals surface area contributed by atoms with E-state index in [0.717, 1.165) is 31.6 Å². The second-order valence-corrected chi connectivity index (χ2v) is 4.25. The van der Waals surface area contributed by atoms with Crippen molar-refractivity contribution in [2.24, 2.45) is 7.05 Å². The van der Waals surface area contributed by atoms with Crippen molar-refractivity contribution in [3.63, 3.8) is 0 Å². The lowest BCUT2D eigenvalue weighted by Gasteiger charge is -2.21. The zero-order valence-electron chi connectivity index (χ0n) is 9.82. The largest absolute Gasteiger partial charge is 0.302 e. The molecule has 0 bridgehead atoms. The Morgan fingerprint density at radius 1 is 1.40 bits per heavy atom. The summed E-state index contributed by atoms with van der Waals surface area (Å²) in [7, 11) is 4.19. The first kappa shape index (κ1) is 10.4. The lowest BCUT2D eigenvalue weighted by molar-refractivity contribution is 0.372. The maximum absolute atomic E-state index is 4.56. The van der Waals surface area contributed by atoms with Crippen LogP contribution in [0.25, 0.3) is 5.57 Å². The molecule has 1 aromatic heterocycles. The molecule has 0 fully saturated rings. The molecule has 2 rings (SSSR count). The van der Waals surface area contributed by atoms with Crippen LogP contribution in [0.15, 0.2) is 12.1 Å². The number of aromatic nitrogens is 2. The third-order valence-electron chi connectivity index (χ3n) is 3.01. The molecule has 3 nitrogen and oxygen atoms in total. The Kier molecular flexibility index (Phi) is 2.91. The van der Waals surface area contributed by atoms with Gasteiger partial charge in [-0.2, -0.15) is 5.10 Å².